The SMILES string of the molecule is Cc1cc(C)cc(-c2ncn(/C=C(/C(N)=O)c3ccc(S(=O)(=O)C4CC4)cc3)n2)c1.Cc1cc(C)cc(-c2ncn(/C=C(\Br)C(N)=O)n2)c1.O=S(=O)(c1ccc(B(O)O)cc1)C1CC1. The molecule has 2 aliphatic rings. The van der Waals surface area contributed by atoms with Gasteiger partial charge < -0.3 is 21.5 Å². The van der Waals surface area contributed by atoms with Gasteiger partial charge in [-0.05, 0) is 129 Å². The summed E-state index contributed by atoms with van der Waals surface area (Å²) in [5, 5.41) is 25.9. The van der Waals surface area contributed by atoms with Gasteiger partial charge in [0.2, 0.25) is 0 Å². The van der Waals surface area contributed by atoms with Crippen molar-refractivity contribution in [3.63, 3.8) is 0 Å². The van der Waals surface area contributed by atoms with Crippen molar-refractivity contribution in [1.29, 1.82) is 0 Å². The number of primary amides is 2. The molecule has 0 spiro atoms. The first-order valence-electron chi connectivity index (χ1n) is 19.9. The van der Waals surface area contributed by atoms with E-state index in [0.717, 1.165) is 46.2 Å². The number of nitrogens with two attached hydrogens (primary N) is 2. The number of hydrogen-bond acceptors (Lipinski definition) is 12. The minimum absolute atomic E-state index is 0.210. The van der Waals surface area contributed by atoms with Crippen LogP contribution >= 0.6 is 15.9 Å². The van der Waals surface area contributed by atoms with Gasteiger partial charge in [-0.25, -0.2) is 36.2 Å². The Morgan fingerprint density at radius 2 is 1.03 bits per heavy atom. The molecule has 6 aromatic rings. The zero-order valence-electron chi connectivity index (χ0n) is 35.3. The Bertz CT molecular complexity index is 2940. The van der Waals surface area contributed by atoms with Crippen molar-refractivity contribution in [2.24, 2.45) is 11.5 Å². The highest BCUT2D eigenvalue weighted by Crippen LogP contribution is 2.34. The molecule has 6 N–H and O–H groups in total. The van der Waals surface area contributed by atoms with Crippen molar-refractivity contribution in [1.82, 2.24) is 29.5 Å². The molecule has 16 nitrogen and oxygen atoms in total. The minimum atomic E-state index is -3.28. The fourth-order valence-electron chi connectivity index (χ4n) is 6.53. The maximum atomic E-state index is 12.4. The topological polar surface area (TPSA) is 256 Å². The van der Waals surface area contributed by atoms with Crippen molar-refractivity contribution in [2.75, 3.05) is 0 Å². The fraction of sp³-hybridized carbons (Fsp3) is 0.227. The van der Waals surface area contributed by atoms with Crippen LogP contribution in [-0.2, 0) is 29.3 Å². The van der Waals surface area contributed by atoms with Gasteiger partial charge in [-0.2, -0.15) is 0 Å². The lowest BCUT2D eigenvalue weighted by Crippen LogP contribution is -2.29. The van der Waals surface area contributed by atoms with E-state index in [0.29, 0.717) is 35.5 Å². The molecule has 64 heavy (non-hydrogen) atoms. The van der Waals surface area contributed by atoms with E-state index < -0.39 is 38.6 Å². The number of rotatable bonds is 12. The smallest absolute Gasteiger partial charge is 0.423 e. The predicted molar refractivity (Wildman–Crippen MR) is 249 cm³/mol. The van der Waals surface area contributed by atoms with Gasteiger partial charge in [-0.15, -0.1) is 10.2 Å². The van der Waals surface area contributed by atoms with E-state index in [9.17, 15) is 26.4 Å². The van der Waals surface area contributed by atoms with Gasteiger partial charge in [-0.1, -0.05) is 58.7 Å². The van der Waals surface area contributed by atoms with Crippen LogP contribution in [0.3, 0.4) is 0 Å². The molecule has 0 radical (unpaired) electrons. The third-order valence-electron chi connectivity index (χ3n) is 9.91. The highest BCUT2D eigenvalue weighted by Gasteiger charge is 2.37. The van der Waals surface area contributed by atoms with Crippen molar-refractivity contribution in [3.8, 4) is 22.8 Å². The molecule has 2 saturated carbocycles. The highest BCUT2D eigenvalue weighted by atomic mass is 79.9. The number of aryl methyl sites for hydroxylation is 4. The van der Waals surface area contributed by atoms with Crippen molar-refractivity contribution in [2.45, 2.75) is 73.7 Å². The minimum Gasteiger partial charge on any atom is -0.423 e. The van der Waals surface area contributed by atoms with Gasteiger partial charge >= 0.3 is 7.12 Å². The molecule has 2 aromatic heterocycles. The van der Waals surface area contributed by atoms with Gasteiger partial charge in [0.25, 0.3) is 11.8 Å². The zero-order valence-corrected chi connectivity index (χ0v) is 38.5. The van der Waals surface area contributed by atoms with Crippen LogP contribution in [0.4, 0.5) is 0 Å². The molecule has 2 fully saturated rings. The number of nitrogens with zero attached hydrogens (tertiary/aromatic N) is 6. The number of hydrogen-bond donors (Lipinski definition) is 4. The normalized spacial score (nSPS) is 14.2. The summed E-state index contributed by atoms with van der Waals surface area (Å²) < 4.78 is 51.3. The van der Waals surface area contributed by atoms with Crippen molar-refractivity contribution in [3.05, 3.63) is 130 Å². The first-order valence-corrected chi connectivity index (χ1v) is 23.8. The molecule has 332 valence electrons. The predicted octanol–water partition coefficient (Wildman–Crippen LogP) is 4.52. The molecular formula is C44H46BBrN8O8S2. The highest BCUT2D eigenvalue weighted by molar-refractivity contribution is 9.12. The summed E-state index contributed by atoms with van der Waals surface area (Å²) in [5.74, 6) is -0.0553. The first kappa shape index (κ1) is 47.4. The van der Waals surface area contributed by atoms with Crippen LogP contribution in [0.15, 0.2) is 112 Å². The molecule has 0 saturated heterocycles. The Morgan fingerprint density at radius 3 is 1.39 bits per heavy atom. The molecule has 2 heterocycles. The number of sulfone groups is 2. The van der Waals surface area contributed by atoms with Gasteiger partial charge in [0.15, 0.2) is 31.3 Å². The van der Waals surface area contributed by atoms with Crippen LogP contribution in [0.2, 0.25) is 0 Å². The van der Waals surface area contributed by atoms with E-state index >= 15 is 0 Å². The second-order valence-electron chi connectivity index (χ2n) is 15.6. The lowest BCUT2D eigenvalue weighted by Gasteiger charge is -2.07. The Hall–Kier alpha value is -6.06. The molecule has 4 aromatic carbocycles. The van der Waals surface area contributed by atoms with Crippen LogP contribution in [0.25, 0.3) is 40.7 Å². The third-order valence-corrected chi connectivity index (χ3v) is 15.1. The van der Waals surface area contributed by atoms with E-state index in [2.05, 4.69) is 48.2 Å². The largest absolute Gasteiger partial charge is 0.488 e. The maximum absolute atomic E-state index is 12.4. The Labute approximate surface area is 379 Å². The maximum Gasteiger partial charge on any atom is 0.488 e. The Morgan fingerprint density at radius 1 is 0.641 bits per heavy atom. The summed E-state index contributed by atoms with van der Waals surface area (Å²) in [6.45, 7) is 8.06. The molecule has 20 heteroatoms. The summed E-state index contributed by atoms with van der Waals surface area (Å²) in [6.07, 6.45) is 8.85. The zero-order chi connectivity index (χ0) is 46.5. The molecule has 8 rings (SSSR count). The Balaban J connectivity index is 0.000000172. The molecule has 0 bridgehead atoms. The van der Waals surface area contributed by atoms with Crippen LogP contribution in [0.5, 0.6) is 0 Å². The number of amides is 2. The second kappa shape index (κ2) is 19.8. The van der Waals surface area contributed by atoms with Crippen molar-refractivity contribution >= 4 is 78.0 Å². The number of carbonyl (C=O) groups is 2. The summed E-state index contributed by atoms with van der Waals surface area (Å²) in [4.78, 5) is 32.0. The van der Waals surface area contributed by atoms with Crippen LogP contribution in [-0.4, -0.2) is 85.8 Å². The molecule has 0 atom stereocenters. The van der Waals surface area contributed by atoms with Crippen LogP contribution in [0.1, 0.15) is 53.5 Å². The van der Waals surface area contributed by atoms with Gasteiger partial charge in [0, 0.05) is 17.3 Å². The van der Waals surface area contributed by atoms with E-state index in [1.54, 1.807) is 12.1 Å². The van der Waals surface area contributed by atoms with Crippen LogP contribution in [0, 0.1) is 27.7 Å². The lowest BCUT2D eigenvalue weighted by molar-refractivity contribution is -0.114. The monoisotopic (exact) mass is 968 g/mol. The fourth-order valence-corrected chi connectivity index (χ4v) is 10.1. The van der Waals surface area contributed by atoms with E-state index in [1.165, 1.54) is 70.8 Å². The summed E-state index contributed by atoms with van der Waals surface area (Å²) >= 11 is 3.07. The van der Waals surface area contributed by atoms with E-state index in [-0.39, 0.29) is 30.3 Å². The van der Waals surface area contributed by atoms with E-state index in [1.807, 2.05) is 52.0 Å². The number of halogens is 1. The average Bonchev–Trinajstić information content (AvgIpc) is 4.18. The quantitative estimate of drug-likeness (QED) is 0.0976. The number of carbonyl (C=O) groups excluding carboxylic acids is 2. The third kappa shape index (κ3) is 12.1. The van der Waals surface area contributed by atoms with Crippen LogP contribution < -0.4 is 16.9 Å². The summed E-state index contributed by atoms with van der Waals surface area (Å²) in [7, 11) is -8.01. The first-order chi connectivity index (χ1) is 30.2. The summed E-state index contributed by atoms with van der Waals surface area (Å²) in [6, 6.07) is 24.0. The molecule has 2 amide bonds. The molecule has 0 aliphatic heterocycles. The van der Waals surface area contributed by atoms with E-state index in [4.69, 9.17) is 21.5 Å². The lowest BCUT2D eigenvalue weighted by atomic mass is 9.81. The van der Waals surface area contributed by atoms with Gasteiger partial charge in [0.1, 0.15) is 17.1 Å². The Kier molecular flexibility index (Phi) is 14.7. The molecule has 0 unspecified atom stereocenters. The standard InChI is InChI=1S/C22H22N4O3S.C13H13BrN4O.C9H11BO4S/c1-14-9-15(2)11-17(10-14)22-24-13-26(25-22)12-20(21(23)27)16-3-5-18(6-4-16)30(28,29)19-7-8-19;1-8-3-9(2)5-10(4-8)13-16-7-18(17-13)6-11(14)12(15)19;11-10(12)7-1-3-8(4-2-7)15(13,14)9-5-6-9/h3-6,9-13,19H,7-8H2,1-2H3,(H2,23,27);3-7H,1-2H3,(H2,15,19);1-4,9,11-12H,5-6H2/b20-12+;11-6-;. The van der Waals surface area contributed by atoms with Crippen molar-refractivity contribution < 1.29 is 36.5 Å². The second-order valence-corrected chi connectivity index (χ2v) is 20.9. The molecule has 2 aliphatic carbocycles. The molecular weight excluding hydrogens is 923 g/mol. The average molecular weight is 970 g/mol. The van der Waals surface area contributed by atoms with Gasteiger partial charge in [-0.3, -0.25) is 9.59 Å². The van der Waals surface area contributed by atoms with Gasteiger partial charge in [0.05, 0.1) is 32.1 Å². The number of aromatic nitrogens is 6. The summed E-state index contributed by atoms with van der Waals surface area (Å²) in [5.41, 5.74) is 18.1. The number of benzene rings is 4.